The first-order chi connectivity index (χ1) is 6.74. The maximum atomic E-state index is 6.21. The number of hydrogen-bond acceptors (Lipinski definition) is 2. The molecule has 0 aliphatic carbocycles. The Labute approximate surface area is 96.1 Å². The van der Waals surface area contributed by atoms with Crippen LogP contribution in [0.25, 0.3) is 0 Å². The van der Waals surface area contributed by atoms with Crippen LogP contribution in [-0.4, -0.2) is 39.0 Å². The van der Waals surface area contributed by atoms with Crippen molar-refractivity contribution in [1.82, 2.24) is 4.90 Å². The fourth-order valence-corrected chi connectivity index (χ4v) is 2.52. The highest BCUT2D eigenvalue weighted by atomic mass is 28.4. The zero-order valence-corrected chi connectivity index (χ0v) is 12.3. The lowest BCUT2D eigenvalue weighted by Gasteiger charge is -2.41. The first-order valence-electron chi connectivity index (χ1n) is 6.12. The number of likely N-dealkylation sites (tertiary alicyclic amines) is 1. The smallest absolute Gasteiger partial charge is 0.192 e. The second-order valence-electron chi connectivity index (χ2n) is 6.31. The molecule has 0 spiro atoms. The van der Waals surface area contributed by atoms with E-state index in [0.29, 0.717) is 11.1 Å². The largest absolute Gasteiger partial charge is 0.415 e. The van der Waals surface area contributed by atoms with Crippen LogP contribution in [0, 0.1) is 0 Å². The molecule has 0 aromatic carbocycles. The minimum atomic E-state index is -1.53. The van der Waals surface area contributed by atoms with Gasteiger partial charge in [-0.05, 0) is 44.6 Å². The molecular weight excluding hydrogens is 202 g/mol. The lowest BCUT2D eigenvalue weighted by Crippen LogP contribution is -2.49. The molecule has 1 fully saturated rings. The first kappa shape index (κ1) is 13.2. The van der Waals surface area contributed by atoms with Crippen molar-refractivity contribution in [3.63, 3.8) is 0 Å². The van der Waals surface area contributed by atoms with Gasteiger partial charge in [0.25, 0.3) is 0 Å². The van der Waals surface area contributed by atoms with E-state index in [0.717, 1.165) is 6.61 Å². The van der Waals surface area contributed by atoms with E-state index in [1.54, 1.807) is 0 Å². The van der Waals surface area contributed by atoms with Crippen molar-refractivity contribution < 1.29 is 4.43 Å². The summed E-state index contributed by atoms with van der Waals surface area (Å²) < 4.78 is 6.21. The molecule has 0 radical (unpaired) electrons. The topological polar surface area (TPSA) is 12.5 Å². The van der Waals surface area contributed by atoms with E-state index >= 15 is 0 Å². The third kappa shape index (κ3) is 3.30. The molecule has 15 heavy (non-hydrogen) atoms. The highest BCUT2D eigenvalue weighted by Crippen LogP contribution is 2.36. The summed E-state index contributed by atoms with van der Waals surface area (Å²) in [6, 6.07) is 0.605. The van der Waals surface area contributed by atoms with Gasteiger partial charge in [-0.3, -0.25) is 4.90 Å². The van der Waals surface area contributed by atoms with Gasteiger partial charge in [0.1, 0.15) is 0 Å². The SMILES string of the molecule is CC(CO[Si](C)(C)C(C)(C)C)N1CCC1. The summed E-state index contributed by atoms with van der Waals surface area (Å²) in [4.78, 5) is 2.51. The molecule has 1 rings (SSSR count). The Morgan fingerprint density at radius 1 is 1.27 bits per heavy atom. The molecule has 0 amide bonds. The Bertz CT molecular complexity index is 206. The van der Waals surface area contributed by atoms with Crippen LogP contribution >= 0.6 is 0 Å². The summed E-state index contributed by atoms with van der Waals surface area (Å²) >= 11 is 0. The van der Waals surface area contributed by atoms with Gasteiger partial charge in [0.2, 0.25) is 0 Å². The van der Waals surface area contributed by atoms with Gasteiger partial charge in [-0.25, -0.2) is 0 Å². The van der Waals surface area contributed by atoms with Gasteiger partial charge in [-0.1, -0.05) is 20.8 Å². The standard InChI is InChI=1S/C12H27NOSi/c1-11(13-8-7-9-13)10-14-15(5,6)12(2,3)4/h11H,7-10H2,1-6H3. The van der Waals surface area contributed by atoms with Gasteiger partial charge in [0, 0.05) is 12.6 Å². The molecule has 0 N–H and O–H groups in total. The summed E-state index contributed by atoms with van der Waals surface area (Å²) in [5.74, 6) is 0. The normalized spacial score (nSPS) is 21.2. The van der Waals surface area contributed by atoms with Crippen molar-refractivity contribution in [2.45, 2.75) is 58.3 Å². The molecule has 3 heteroatoms. The Kier molecular flexibility index (Phi) is 4.01. The van der Waals surface area contributed by atoms with E-state index in [9.17, 15) is 0 Å². The van der Waals surface area contributed by atoms with Gasteiger partial charge in [-0.15, -0.1) is 0 Å². The molecule has 0 bridgehead atoms. The molecular formula is C12H27NOSi. The van der Waals surface area contributed by atoms with Gasteiger partial charge >= 0.3 is 0 Å². The molecule has 1 heterocycles. The number of hydrogen-bond donors (Lipinski definition) is 0. The number of rotatable bonds is 4. The molecule has 2 nitrogen and oxygen atoms in total. The van der Waals surface area contributed by atoms with Gasteiger partial charge < -0.3 is 4.43 Å². The molecule has 0 aromatic rings. The molecule has 1 aliphatic heterocycles. The summed E-state index contributed by atoms with van der Waals surface area (Å²) in [6.07, 6.45) is 1.37. The van der Waals surface area contributed by atoms with Crippen LogP contribution in [-0.2, 0) is 4.43 Å². The maximum absolute atomic E-state index is 6.21. The highest BCUT2D eigenvalue weighted by molar-refractivity contribution is 6.74. The minimum Gasteiger partial charge on any atom is -0.415 e. The molecule has 0 saturated carbocycles. The van der Waals surface area contributed by atoms with E-state index < -0.39 is 8.32 Å². The Morgan fingerprint density at radius 2 is 1.80 bits per heavy atom. The summed E-state index contributed by atoms with van der Waals surface area (Å²) in [6.45, 7) is 17.3. The van der Waals surface area contributed by atoms with Gasteiger partial charge in [-0.2, -0.15) is 0 Å². The van der Waals surface area contributed by atoms with Crippen molar-refractivity contribution >= 4 is 8.32 Å². The van der Waals surface area contributed by atoms with Crippen LogP contribution < -0.4 is 0 Å². The third-order valence-electron chi connectivity index (χ3n) is 4.01. The average molecular weight is 229 g/mol. The van der Waals surface area contributed by atoms with Crippen LogP contribution in [0.3, 0.4) is 0 Å². The summed E-state index contributed by atoms with van der Waals surface area (Å²) in [5.41, 5.74) is 0. The number of nitrogens with zero attached hydrogens (tertiary/aromatic N) is 1. The quantitative estimate of drug-likeness (QED) is 0.687. The van der Waals surface area contributed by atoms with E-state index in [1.807, 2.05) is 0 Å². The van der Waals surface area contributed by atoms with Gasteiger partial charge in [0.15, 0.2) is 8.32 Å². The van der Waals surface area contributed by atoms with E-state index in [-0.39, 0.29) is 0 Å². The van der Waals surface area contributed by atoms with Crippen LogP contribution in [0.1, 0.15) is 34.1 Å². The van der Waals surface area contributed by atoms with Crippen LogP contribution in [0.2, 0.25) is 18.1 Å². The van der Waals surface area contributed by atoms with Crippen LogP contribution in [0.4, 0.5) is 0 Å². The molecule has 1 unspecified atom stereocenters. The minimum absolute atomic E-state index is 0.335. The van der Waals surface area contributed by atoms with Crippen molar-refractivity contribution in [2.75, 3.05) is 19.7 Å². The third-order valence-corrected chi connectivity index (χ3v) is 8.51. The zero-order chi connectivity index (χ0) is 11.7. The lowest BCUT2D eigenvalue weighted by molar-refractivity contribution is 0.0854. The van der Waals surface area contributed by atoms with Crippen molar-refractivity contribution in [1.29, 1.82) is 0 Å². The Balaban J connectivity index is 2.34. The second kappa shape index (κ2) is 4.56. The molecule has 0 aromatic heterocycles. The molecule has 1 saturated heterocycles. The first-order valence-corrected chi connectivity index (χ1v) is 9.03. The Hall–Kier alpha value is 0.137. The van der Waals surface area contributed by atoms with Crippen molar-refractivity contribution in [3.8, 4) is 0 Å². The molecule has 90 valence electrons. The summed E-state index contributed by atoms with van der Waals surface area (Å²) in [5, 5.41) is 0.335. The molecule has 1 aliphatic rings. The Morgan fingerprint density at radius 3 is 2.13 bits per heavy atom. The fraction of sp³-hybridized carbons (Fsp3) is 1.00. The zero-order valence-electron chi connectivity index (χ0n) is 11.3. The lowest BCUT2D eigenvalue weighted by atomic mass is 10.1. The second-order valence-corrected chi connectivity index (χ2v) is 11.1. The molecule has 1 atom stereocenters. The highest BCUT2D eigenvalue weighted by Gasteiger charge is 2.37. The van der Waals surface area contributed by atoms with E-state index in [1.165, 1.54) is 19.5 Å². The predicted molar refractivity (Wildman–Crippen MR) is 68.8 cm³/mol. The van der Waals surface area contributed by atoms with E-state index in [4.69, 9.17) is 4.43 Å². The maximum Gasteiger partial charge on any atom is 0.192 e. The van der Waals surface area contributed by atoms with Crippen molar-refractivity contribution in [2.24, 2.45) is 0 Å². The average Bonchev–Trinajstić information content (AvgIpc) is 1.95. The summed E-state index contributed by atoms with van der Waals surface area (Å²) in [7, 11) is -1.53. The van der Waals surface area contributed by atoms with Crippen molar-refractivity contribution in [3.05, 3.63) is 0 Å². The van der Waals surface area contributed by atoms with Crippen LogP contribution in [0.15, 0.2) is 0 Å². The fourth-order valence-electron chi connectivity index (χ4n) is 1.43. The van der Waals surface area contributed by atoms with E-state index in [2.05, 4.69) is 45.7 Å². The predicted octanol–water partition coefficient (Wildman–Crippen LogP) is 3.10. The van der Waals surface area contributed by atoms with Gasteiger partial charge in [0.05, 0.1) is 0 Å². The monoisotopic (exact) mass is 229 g/mol. The van der Waals surface area contributed by atoms with Crippen LogP contribution in [0.5, 0.6) is 0 Å².